The molecule has 2 N–H and O–H groups in total. The standard InChI is InChI=1S/C10H11BrO5S/c1-6(12)5-17(15,16)7-2-3-9(11)8(4-7)10(13)14/h2-4,6,12H,5H2,1H3,(H,13,14). The molecule has 0 spiro atoms. The van der Waals surface area contributed by atoms with Gasteiger partial charge >= 0.3 is 5.97 Å². The number of hydrogen-bond acceptors (Lipinski definition) is 4. The number of carboxylic acid groups (broad SMARTS) is 1. The number of carbonyl (C=O) groups is 1. The van der Waals surface area contributed by atoms with Crippen LogP contribution in [-0.2, 0) is 9.84 Å². The molecule has 0 aliphatic heterocycles. The summed E-state index contributed by atoms with van der Waals surface area (Å²) in [6.45, 7) is 1.36. The van der Waals surface area contributed by atoms with Crippen molar-refractivity contribution in [3.63, 3.8) is 0 Å². The van der Waals surface area contributed by atoms with Crippen molar-refractivity contribution >= 4 is 31.7 Å². The zero-order chi connectivity index (χ0) is 13.2. The maximum Gasteiger partial charge on any atom is 0.336 e. The van der Waals surface area contributed by atoms with E-state index in [-0.39, 0.29) is 10.5 Å². The van der Waals surface area contributed by atoms with Crippen LogP contribution in [0.1, 0.15) is 17.3 Å². The Morgan fingerprint density at radius 1 is 1.47 bits per heavy atom. The van der Waals surface area contributed by atoms with E-state index in [0.29, 0.717) is 4.47 Å². The van der Waals surface area contributed by atoms with Gasteiger partial charge in [0.05, 0.1) is 22.3 Å². The molecule has 0 heterocycles. The molecular weight excluding hydrogens is 312 g/mol. The molecule has 5 nitrogen and oxygen atoms in total. The quantitative estimate of drug-likeness (QED) is 0.871. The maximum atomic E-state index is 11.8. The lowest BCUT2D eigenvalue weighted by molar-refractivity contribution is 0.0695. The topological polar surface area (TPSA) is 91.7 Å². The number of halogens is 1. The second-order valence-electron chi connectivity index (χ2n) is 3.58. The van der Waals surface area contributed by atoms with E-state index in [2.05, 4.69) is 15.9 Å². The van der Waals surface area contributed by atoms with Crippen molar-refractivity contribution in [1.29, 1.82) is 0 Å². The first-order valence-electron chi connectivity index (χ1n) is 4.67. The summed E-state index contributed by atoms with van der Waals surface area (Å²) >= 11 is 3.02. The fraction of sp³-hybridized carbons (Fsp3) is 0.300. The number of aliphatic hydroxyl groups is 1. The number of aromatic carboxylic acids is 1. The number of aliphatic hydroxyl groups excluding tert-OH is 1. The van der Waals surface area contributed by atoms with Crippen molar-refractivity contribution in [2.75, 3.05) is 5.75 Å². The zero-order valence-electron chi connectivity index (χ0n) is 8.92. The van der Waals surface area contributed by atoms with Gasteiger partial charge in [0, 0.05) is 4.47 Å². The van der Waals surface area contributed by atoms with Gasteiger partial charge in [-0.15, -0.1) is 0 Å². The van der Waals surface area contributed by atoms with Gasteiger partial charge in [-0.1, -0.05) is 0 Å². The van der Waals surface area contributed by atoms with Crippen LogP contribution in [0.15, 0.2) is 27.6 Å². The largest absolute Gasteiger partial charge is 0.478 e. The summed E-state index contributed by atoms with van der Waals surface area (Å²) in [6, 6.07) is 3.73. The minimum atomic E-state index is -3.67. The molecule has 0 fully saturated rings. The molecule has 17 heavy (non-hydrogen) atoms. The maximum absolute atomic E-state index is 11.8. The molecule has 0 aromatic heterocycles. The smallest absolute Gasteiger partial charge is 0.336 e. The summed E-state index contributed by atoms with van der Waals surface area (Å²) in [5, 5.41) is 17.9. The summed E-state index contributed by atoms with van der Waals surface area (Å²) in [4.78, 5) is 10.7. The van der Waals surface area contributed by atoms with Crippen LogP contribution in [0.5, 0.6) is 0 Å². The monoisotopic (exact) mass is 322 g/mol. The normalized spacial score (nSPS) is 13.4. The first-order valence-corrected chi connectivity index (χ1v) is 7.12. The molecular formula is C10H11BrO5S. The predicted octanol–water partition coefficient (Wildman–Crippen LogP) is 1.30. The highest BCUT2D eigenvalue weighted by atomic mass is 79.9. The molecule has 1 aromatic carbocycles. The van der Waals surface area contributed by atoms with Gasteiger partial charge in [-0.25, -0.2) is 13.2 Å². The van der Waals surface area contributed by atoms with Crippen molar-refractivity contribution in [1.82, 2.24) is 0 Å². The van der Waals surface area contributed by atoms with Crippen LogP contribution in [0.2, 0.25) is 0 Å². The Morgan fingerprint density at radius 3 is 2.53 bits per heavy atom. The molecule has 0 saturated heterocycles. The molecule has 0 amide bonds. The van der Waals surface area contributed by atoms with Gasteiger partial charge in [-0.05, 0) is 41.1 Å². The van der Waals surface area contributed by atoms with Crippen molar-refractivity contribution < 1.29 is 23.4 Å². The molecule has 0 bridgehead atoms. The highest BCUT2D eigenvalue weighted by Crippen LogP contribution is 2.22. The molecule has 0 aliphatic rings. The summed E-state index contributed by atoms with van der Waals surface area (Å²) in [5.41, 5.74) is -0.128. The Labute approximate surface area is 107 Å². The van der Waals surface area contributed by atoms with Gasteiger partial charge in [-0.2, -0.15) is 0 Å². The van der Waals surface area contributed by atoms with E-state index in [1.807, 2.05) is 0 Å². The molecule has 94 valence electrons. The lowest BCUT2D eigenvalue weighted by atomic mass is 10.2. The Bertz CT molecular complexity index is 536. The first-order chi connectivity index (χ1) is 7.74. The number of sulfone groups is 1. The van der Waals surface area contributed by atoms with E-state index >= 15 is 0 Å². The molecule has 0 saturated carbocycles. The van der Waals surface area contributed by atoms with E-state index in [0.717, 1.165) is 6.07 Å². The highest BCUT2D eigenvalue weighted by Gasteiger charge is 2.20. The van der Waals surface area contributed by atoms with Crippen LogP contribution in [0.3, 0.4) is 0 Å². The van der Waals surface area contributed by atoms with Gasteiger partial charge in [0.15, 0.2) is 9.84 Å². The Morgan fingerprint density at radius 2 is 2.06 bits per heavy atom. The third-order valence-electron chi connectivity index (χ3n) is 1.99. The third kappa shape index (κ3) is 3.52. The van der Waals surface area contributed by atoms with Gasteiger partial charge < -0.3 is 10.2 Å². The van der Waals surface area contributed by atoms with Crippen LogP contribution in [0.25, 0.3) is 0 Å². The van der Waals surface area contributed by atoms with Crippen molar-refractivity contribution in [3.05, 3.63) is 28.2 Å². The van der Waals surface area contributed by atoms with Crippen molar-refractivity contribution in [2.45, 2.75) is 17.9 Å². The Kier molecular flexibility index (Phi) is 4.29. The summed E-state index contributed by atoms with van der Waals surface area (Å²) < 4.78 is 23.8. The molecule has 1 unspecified atom stereocenters. The molecule has 0 radical (unpaired) electrons. The molecule has 7 heteroatoms. The van der Waals surface area contributed by atoms with E-state index < -0.39 is 27.7 Å². The van der Waals surface area contributed by atoms with Gasteiger partial charge in [0.1, 0.15) is 0 Å². The molecule has 1 atom stereocenters. The Balaban J connectivity index is 3.25. The van der Waals surface area contributed by atoms with Crippen LogP contribution in [-0.4, -0.2) is 36.5 Å². The summed E-state index contributed by atoms with van der Waals surface area (Å²) in [6.07, 6.45) is -1.00. The third-order valence-corrected chi connectivity index (χ3v) is 4.57. The molecule has 1 aromatic rings. The number of hydrogen-bond donors (Lipinski definition) is 2. The van der Waals surface area contributed by atoms with Crippen molar-refractivity contribution in [2.24, 2.45) is 0 Å². The minimum absolute atomic E-state index is 0.112. The summed E-state index contributed by atoms with van der Waals surface area (Å²) in [7, 11) is -3.67. The van der Waals surface area contributed by atoms with Crippen LogP contribution in [0, 0.1) is 0 Å². The lowest BCUT2D eigenvalue weighted by Gasteiger charge is -2.08. The van der Waals surface area contributed by atoms with Crippen LogP contribution >= 0.6 is 15.9 Å². The second-order valence-corrected chi connectivity index (χ2v) is 6.47. The van der Waals surface area contributed by atoms with Crippen LogP contribution < -0.4 is 0 Å². The van der Waals surface area contributed by atoms with E-state index in [4.69, 9.17) is 10.2 Å². The lowest BCUT2D eigenvalue weighted by Crippen LogP contribution is -2.18. The van der Waals surface area contributed by atoms with Crippen LogP contribution in [0.4, 0.5) is 0 Å². The van der Waals surface area contributed by atoms with Gasteiger partial charge in [0.25, 0.3) is 0 Å². The number of benzene rings is 1. The second kappa shape index (κ2) is 5.16. The number of rotatable bonds is 4. The van der Waals surface area contributed by atoms with E-state index in [9.17, 15) is 13.2 Å². The van der Waals surface area contributed by atoms with Crippen molar-refractivity contribution in [3.8, 4) is 0 Å². The zero-order valence-corrected chi connectivity index (χ0v) is 11.3. The fourth-order valence-electron chi connectivity index (χ4n) is 1.28. The minimum Gasteiger partial charge on any atom is -0.478 e. The molecule has 1 rings (SSSR count). The highest BCUT2D eigenvalue weighted by molar-refractivity contribution is 9.10. The number of carboxylic acids is 1. The van der Waals surface area contributed by atoms with Gasteiger partial charge in [-0.3, -0.25) is 0 Å². The van der Waals surface area contributed by atoms with E-state index in [1.54, 1.807) is 0 Å². The average Bonchev–Trinajstić information content (AvgIpc) is 2.15. The fourth-order valence-corrected chi connectivity index (χ4v) is 3.09. The first kappa shape index (κ1) is 14.1. The Hall–Kier alpha value is -0.920. The predicted molar refractivity (Wildman–Crippen MR) is 64.8 cm³/mol. The molecule has 0 aliphatic carbocycles. The SMILES string of the molecule is CC(O)CS(=O)(=O)c1ccc(Br)c(C(=O)O)c1. The van der Waals surface area contributed by atoms with E-state index in [1.165, 1.54) is 19.1 Å². The summed E-state index contributed by atoms with van der Waals surface area (Å²) in [5.74, 6) is -1.65. The average molecular weight is 323 g/mol. The van der Waals surface area contributed by atoms with Gasteiger partial charge in [0.2, 0.25) is 0 Å².